The maximum Gasteiger partial charge on any atom is 0.189 e. The molecule has 2 aliphatic heterocycles. The third-order valence-electron chi connectivity index (χ3n) is 5.05. The third-order valence-corrected chi connectivity index (χ3v) is 5.05. The monoisotopic (exact) mass is 330 g/mol. The predicted octanol–water partition coefficient (Wildman–Crippen LogP) is 2.54. The Kier molecular flexibility index (Phi) is 5.96. The molecule has 2 heterocycles. The minimum atomic E-state index is 0.199. The molecule has 0 aromatic heterocycles. The zero-order valence-electron chi connectivity index (χ0n) is 14.7. The van der Waals surface area contributed by atoms with Gasteiger partial charge in [0.15, 0.2) is 5.96 Å². The van der Waals surface area contributed by atoms with Crippen LogP contribution < -0.4 is 15.8 Å². The standard InChI is InChI=1S/C19H30N4O/c1-2-10-23-11-7-15(8-12-23)14-21-19(20)22-17-9-13-24-18-6-4-3-5-16(17)18/h3-6,15,17H,2,7-14H2,1H3,(H3,20,21,22). The molecular formula is C19H30N4O. The van der Waals surface area contributed by atoms with Crippen LogP contribution in [0.5, 0.6) is 5.75 Å². The van der Waals surface area contributed by atoms with Crippen molar-refractivity contribution in [1.29, 1.82) is 0 Å². The number of hydrogen-bond acceptors (Lipinski definition) is 3. The van der Waals surface area contributed by atoms with Crippen LogP contribution in [0, 0.1) is 5.92 Å². The van der Waals surface area contributed by atoms with E-state index in [0.717, 1.165) is 25.3 Å². The average molecular weight is 330 g/mol. The number of aliphatic imine (C=N–C) groups is 1. The molecule has 24 heavy (non-hydrogen) atoms. The number of hydrogen-bond donors (Lipinski definition) is 2. The van der Waals surface area contributed by atoms with Crippen molar-refractivity contribution in [2.75, 3.05) is 32.8 Å². The Morgan fingerprint density at radius 3 is 2.88 bits per heavy atom. The number of benzene rings is 1. The Balaban J connectivity index is 1.49. The highest BCUT2D eigenvalue weighted by atomic mass is 16.5. The molecule has 1 atom stereocenters. The van der Waals surface area contributed by atoms with Crippen molar-refractivity contribution in [2.24, 2.45) is 16.6 Å². The fourth-order valence-corrected chi connectivity index (χ4v) is 3.65. The number of nitrogens with one attached hydrogen (secondary N) is 1. The summed E-state index contributed by atoms with van der Waals surface area (Å²) in [5, 5.41) is 3.38. The zero-order chi connectivity index (χ0) is 16.8. The zero-order valence-corrected chi connectivity index (χ0v) is 14.7. The third kappa shape index (κ3) is 4.41. The van der Waals surface area contributed by atoms with E-state index in [9.17, 15) is 0 Å². The first-order chi connectivity index (χ1) is 11.8. The van der Waals surface area contributed by atoms with E-state index in [4.69, 9.17) is 10.5 Å². The fraction of sp³-hybridized carbons (Fsp3) is 0.632. The molecule has 2 aliphatic rings. The summed E-state index contributed by atoms with van der Waals surface area (Å²) in [5.74, 6) is 2.19. The van der Waals surface area contributed by atoms with E-state index in [1.807, 2.05) is 18.2 Å². The van der Waals surface area contributed by atoms with Crippen LogP contribution in [-0.2, 0) is 0 Å². The van der Waals surface area contributed by atoms with Crippen LogP contribution >= 0.6 is 0 Å². The van der Waals surface area contributed by atoms with E-state index in [2.05, 4.69) is 28.2 Å². The number of fused-ring (bicyclic) bond motifs is 1. The summed E-state index contributed by atoms with van der Waals surface area (Å²) in [6, 6.07) is 8.36. The van der Waals surface area contributed by atoms with Crippen LogP contribution in [0.3, 0.4) is 0 Å². The van der Waals surface area contributed by atoms with Crippen molar-refractivity contribution in [3.8, 4) is 5.75 Å². The highest BCUT2D eigenvalue weighted by Gasteiger charge is 2.22. The molecule has 1 aromatic rings. The summed E-state index contributed by atoms with van der Waals surface area (Å²) >= 11 is 0. The first kappa shape index (κ1) is 17.1. The lowest BCUT2D eigenvalue weighted by Crippen LogP contribution is -2.38. The van der Waals surface area contributed by atoms with E-state index in [1.165, 1.54) is 44.5 Å². The lowest BCUT2D eigenvalue weighted by atomic mass is 9.97. The molecular weight excluding hydrogens is 300 g/mol. The van der Waals surface area contributed by atoms with Crippen molar-refractivity contribution in [3.05, 3.63) is 29.8 Å². The minimum Gasteiger partial charge on any atom is -0.493 e. The number of nitrogens with zero attached hydrogens (tertiary/aromatic N) is 2. The second-order valence-corrected chi connectivity index (χ2v) is 6.88. The van der Waals surface area contributed by atoms with Crippen LogP contribution in [0.1, 0.15) is 44.2 Å². The molecule has 3 rings (SSSR count). The van der Waals surface area contributed by atoms with Crippen LogP contribution in [0.15, 0.2) is 29.3 Å². The van der Waals surface area contributed by atoms with Gasteiger partial charge in [0, 0.05) is 18.5 Å². The van der Waals surface area contributed by atoms with E-state index in [-0.39, 0.29) is 6.04 Å². The van der Waals surface area contributed by atoms with Crippen LogP contribution in [0.2, 0.25) is 0 Å². The van der Waals surface area contributed by atoms with Crippen molar-refractivity contribution in [2.45, 2.75) is 38.6 Å². The van der Waals surface area contributed by atoms with Gasteiger partial charge in [0.25, 0.3) is 0 Å². The second-order valence-electron chi connectivity index (χ2n) is 6.88. The molecule has 0 bridgehead atoms. The molecule has 1 unspecified atom stereocenters. The topological polar surface area (TPSA) is 62.9 Å². The molecule has 132 valence electrons. The minimum absolute atomic E-state index is 0.199. The van der Waals surface area contributed by atoms with Gasteiger partial charge in [-0.2, -0.15) is 0 Å². The van der Waals surface area contributed by atoms with Gasteiger partial charge in [-0.25, -0.2) is 0 Å². The van der Waals surface area contributed by atoms with Crippen LogP contribution in [0.4, 0.5) is 0 Å². The number of rotatable bonds is 5. The summed E-state index contributed by atoms with van der Waals surface area (Å²) in [6.07, 6.45) is 4.63. The van der Waals surface area contributed by atoms with Gasteiger partial charge < -0.3 is 20.7 Å². The summed E-state index contributed by atoms with van der Waals surface area (Å²) in [5.41, 5.74) is 7.32. The number of piperidine rings is 1. The van der Waals surface area contributed by atoms with E-state index < -0.39 is 0 Å². The Labute approximate surface area is 145 Å². The van der Waals surface area contributed by atoms with Gasteiger partial charge in [-0.15, -0.1) is 0 Å². The van der Waals surface area contributed by atoms with Gasteiger partial charge in [0.1, 0.15) is 5.75 Å². The molecule has 1 fully saturated rings. The number of nitrogens with two attached hydrogens (primary N) is 1. The Bertz CT molecular complexity index is 552. The van der Waals surface area contributed by atoms with Gasteiger partial charge in [-0.05, 0) is 50.9 Å². The lowest BCUT2D eigenvalue weighted by Gasteiger charge is -2.31. The van der Waals surface area contributed by atoms with Gasteiger partial charge >= 0.3 is 0 Å². The van der Waals surface area contributed by atoms with Crippen LogP contribution in [0.25, 0.3) is 0 Å². The number of likely N-dealkylation sites (tertiary alicyclic amines) is 1. The van der Waals surface area contributed by atoms with Gasteiger partial charge in [0.05, 0.1) is 12.6 Å². The van der Waals surface area contributed by atoms with Crippen LogP contribution in [-0.4, -0.2) is 43.6 Å². The molecule has 1 saturated heterocycles. The summed E-state index contributed by atoms with van der Waals surface area (Å²) in [6.45, 7) is 7.44. The Morgan fingerprint density at radius 1 is 1.29 bits per heavy atom. The van der Waals surface area contributed by atoms with Crippen molar-refractivity contribution in [3.63, 3.8) is 0 Å². The smallest absolute Gasteiger partial charge is 0.189 e. The second kappa shape index (κ2) is 8.38. The number of para-hydroxylation sites is 1. The predicted molar refractivity (Wildman–Crippen MR) is 98.4 cm³/mol. The maximum absolute atomic E-state index is 6.14. The van der Waals surface area contributed by atoms with Gasteiger partial charge in [0.2, 0.25) is 0 Å². The first-order valence-electron chi connectivity index (χ1n) is 9.26. The molecule has 0 spiro atoms. The van der Waals surface area contributed by atoms with Crippen molar-refractivity contribution < 1.29 is 4.74 Å². The van der Waals surface area contributed by atoms with E-state index in [0.29, 0.717) is 11.9 Å². The highest BCUT2D eigenvalue weighted by molar-refractivity contribution is 5.78. The molecule has 0 radical (unpaired) electrons. The summed E-state index contributed by atoms with van der Waals surface area (Å²) in [7, 11) is 0. The van der Waals surface area contributed by atoms with Gasteiger partial charge in [-0.3, -0.25) is 4.99 Å². The lowest BCUT2D eigenvalue weighted by molar-refractivity contribution is 0.188. The molecule has 5 heteroatoms. The van der Waals surface area contributed by atoms with E-state index in [1.54, 1.807) is 0 Å². The molecule has 5 nitrogen and oxygen atoms in total. The normalized spacial score (nSPS) is 22.7. The van der Waals surface area contributed by atoms with Crippen molar-refractivity contribution in [1.82, 2.24) is 10.2 Å². The first-order valence-corrected chi connectivity index (χ1v) is 9.26. The molecule has 0 aliphatic carbocycles. The molecule has 1 aromatic carbocycles. The Morgan fingerprint density at radius 2 is 2.08 bits per heavy atom. The summed E-state index contributed by atoms with van der Waals surface area (Å²) < 4.78 is 5.69. The Hall–Kier alpha value is -1.75. The maximum atomic E-state index is 6.14. The average Bonchev–Trinajstić information content (AvgIpc) is 2.62. The quantitative estimate of drug-likeness (QED) is 0.643. The largest absolute Gasteiger partial charge is 0.493 e. The molecule has 0 saturated carbocycles. The number of guanidine groups is 1. The summed E-state index contributed by atoms with van der Waals surface area (Å²) in [4.78, 5) is 7.17. The molecule has 3 N–H and O–H groups in total. The van der Waals surface area contributed by atoms with E-state index >= 15 is 0 Å². The number of ether oxygens (including phenoxy) is 1. The van der Waals surface area contributed by atoms with Crippen molar-refractivity contribution >= 4 is 5.96 Å². The highest BCUT2D eigenvalue weighted by Crippen LogP contribution is 2.31. The molecule has 0 amide bonds. The fourth-order valence-electron chi connectivity index (χ4n) is 3.65. The SMILES string of the molecule is CCCN1CCC(CN=C(N)NC2CCOc3ccccc32)CC1. The van der Waals surface area contributed by atoms with Gasteiger partial charge in [-0.1, -0.05) is 25.1 Å².